The number of carbonyl (C=O) groups excluding carboxylic acids is 3. The molecule has 11 nitrogen and oxygen atoms in total. The van der Waals surface area contributed by atoms with E-state index in [1.807, 2.05) is 13.0 Å². The second-order valence-electron chi connectivity index (χ2n) is 12.7. The van der Waals surface area contributed by atoms with Crippen LogP contribution in [-0.2, 0) is 14.4 Å². The minimum absolute atomic E-state index is 0.00943. The van der Waals surface area contributed by atoms with Crippen molar-refractivity contribution in [1.82, 2.24) is 15.2 Å². The zero-order valence-corrected chi connectivity index (χ0v) is 28.9. The van der Waals surface area contributed by atoms with Gasteiger partial charge < -0.3 is 30.2 Å². The molecule has 262 valence electrons. The van der Waals surface area contributed by atoms with Gasteiger partial charge in [0.1, 0.15) is 11.2 Å². The third-order valence-electron chi connectivity index (χ3n) is 9.30. The molecule has 50 heavy (non-hydrogen) atoms. The van der Waals surface area contributed by atoms with E-state index in [0.29, 0.717) is 70.8 Å². The number of para-hydroxylation sites is 1. The Morgan fingerprint density at radius 2 is 1.74 bits per heavy atom. The molecular formula is C37H39ClFN5O6. The number of likely N-dealkylation sites (N-methyl/N-ethyl adjacent to an activating group) is 1. The first-order valence-corrected chi connectivity index (χ1v) is 16.9. The second kappa shape index (κ2) is 14.9. The first kappa shape index (κ1) is 34.9. The normalized spacial score (nSPS) is 15.6. The van der Waals surface area contributed by atoms with Gasteiger partial charge in [0.05, 0.1) is 36.5 Å². The van der Waals surface area contributed by atoms with Crippen LogP contribution in [0, 0.1) is 24.1 Å². The molecule has 1 aromatic heterocycles. The number of ether oxygens (including phenoxy) is 3. The van der Waals surface area contributed by atoms with Crippen molar-refractivity contribution in [2.75, 3.05) is 51.0 Å². The van der Waals surface area contributed by atoms with Crippen LogP contribution in [0.25, 0.3) is 10.9 Å². The molecule has 6 rings (SSSR count). The van der Waals surface area contributed by atoms with Gasteiger partial charge in [0.2, 0.25) is 17.7 Å². The largest absolute Gasteiger partial charge is 0.493 e. The van der Waals surface area contributed by atoms with Gasteiger partial charge in [0.25, 0.3) is 0 Å². The van der Waals surface area contributed by atoms with Crippen molar-refractivity contribution < 1.29 is 33.0 Å². The fraction of sp³-hybridized carbons (Fsp3) is 0.351. The van der Waals surface area contributed by atoms with Crippen LogP contribution >= 0.6 is 11.6 Å². The molecule has 0 atom stereocenters. The lowest BCUT2D eigenvalue weighted by molar-refractivity contribution is -0.131. The Bertz CT molecular complexity index is 1910. The summed E-state index contributed by atoms with van der Waals surface area (Å²) in [5, 5.41) is 9.11. The number of benzene rings is 3. The first-order chi connectivity index (χ1) is 24.1. The van der Waals surface area contributed by atoms with Crippen molar-refractivity contribution in [1.29, 1.82) is 0 Å². The molecule has 4 aromatic rings. The van der Waals surface area contributed by atoms with Crippen LogP contribution in [-0.4, -0.2) is 68.0 Å². The summed E-state index contributed by atoms with van der Waals surface area (Å²) in [5.41, 5.74) is 0.733. The SMILES string of the molecule is CNC(=O)CN1CCC(COc2cc3nccc(Oc4ccc(NC(=O)C5(C(=O)Nc6c(C)cccc6Cl)CC5)cc4F)c3cc2OC)CC1. The molecule has 1 saturated carbocycles. The number of hydrogen-bond donors (Lipinski definition) is 3. The van der Waals surface area contributed by atoms with Gasteiger partial charge in [-0.1, -0.05) is 23.7 Å². The summed E-state index contributed by atoms with van der Waals surface area (Å²) in [6, 6.07) is 14.5. The molecule has 0 bridgehead atoms. The highest BCUT2D eigenvalue weighted by Crippen LogP contribution is 2.48. The van der Waals surface area contributed by atoms with Gasteiger partial charge in [-0.05, 0) is 87.5 Å². The van der Waals surface area contributed by atoms with E-state index < -0.39 is 23.0 Å². The number of amides is 3. The molecule has 13 heteroatoms. The molecule has 3 amide bonds. The van der Waals surface area contributed by atoms with E-state index >= 15 is 4.39 Å². The summed E-state index contributed by atoms with van der Waals surface area (Å²) in [6.45, 7) is 4.36. The van der Waals surface area contributed by atoms with Crippen LogP contribution in [0.5, 0.6) is 23.0 Å². The number of rotatable bonds is 12. The molecular weight excluding hydrogens is 665 g/mol. The van der Waals surface area contributed by atoms with E-state index in [1.54, 1.807) is 50.7 Å². The molecule has 0 unspecified atom stereocenters. The molecule has 3 N–H and O–H groups in total. The number of hydrogen-bond acceptors (Lipinski definition) is 8. The Morgan fingerprint density at radius 1 is 0.980 bits per heavy atom. The summed E-state index contributed by atoms with van der Waals surface area (Å²) in [4.78, 5) is 44.6. The van der Waals surface area contributed by atoms with E-state index in [9.17, 15) is 14.4 Å². The van der Waals surface area contributed by atoms with Crippen LogP contribution in [0.4, 0.5) is 15.8 Å². The van der Waals surface area contributed by atoms with Crippen molar-refractivity contribution in [2.24, 2.45) is 11.3 Å². The van der Waals surface area contributed by atoms with Crippen LogP contribution in [0.15, 0.2) is 60.8 Å². The standard InChI is InChI=1S/C37H39ClFN5O6/c1-22-5-4-6-26(38)34(22)43-36(47)37(12-13-37)35(46)42-24-7-8-30(27(39)17-24)50-29-9-14-41-28-19-32(31(48-3)18-25(28)29)49-21-23-10-15-44(16-11-23)20-33(45)40-2/h4-9,14,17-19,23H,10-13,15-16,20-21H2,1-3H3,(H,40,45)(H,42,46)(H,43,47). The lowest BCUT2D eigenvalue weighted by Crippen LogP contribution is -2.41. The topological polar surface area (TPSA) is 131 Å². The quantitative estimate of drug-likeness (QED) is 0.146. The molecule has 1 aliphatic carbocycles. The zero-order valence-electron chi connectivity index (χ0n) is 28.1. The monoisotopic (exact) mass is 703 g/mol. The zero-order chi connectivity index (χ0) is 35.4. The smallest absolute Gasteiger partial charge is 0.240 e. The Morgan fingerprint density at radius 3 is 2.42 bits per heavy atom. The maximum Gasteiger partial charge on any atom is 0.240 e. The molecule has 1 saturated heterocycles. The number of nitrogens with zero attached hydrogens (tertiary/aromatic N) is 2. The van der Waals surface area contributed by atoms with Crippen LogP contribution in [0.1, 0.15) is 31.2 Å². The number of nitrogens with one attached hydrogen (secondary N) is 3. The first-order valence-electron chi connectivity index (χ1n) is 16.5. The molecule has 3 aromatic carbocycles. The van der Waals surface area contributed by atoms with Crippen molar-refractivity contribution in [3.8, 4) is 23.0 Å². The molecule has 2 heterocycles. The number of pyridine rings is 1. The molecule has 2 fully saturated rings. The number of carbonyl (C=O) groups is 3. The number of aromatic nitrogens is 1. The maximum absolute atomic E-state index is 15.4. The average Bonchev–Trinajstić information content (AvgIpc) is 3.93. The third kappa shape index (κ3) is 7.61. The lowest BCUT2D eigenvalue weighted by Gasteiger charge is -2.31. The van der Waals surface area contributed by atoms with E-state index in [-0.39, 0.29) is 17.3 Å². The van der Waals surface area contributed by atoms with Crippen molar-refractivity contribution in [3.63, 3.8) is 0 Å². The van der Waals surface area contributed by atoms with Gasteiger partial charge >= 0.3 is 0 Å². The van der Waals surface area contributed by atoms with E-state index in [1.165, 1.54) is 12.1 Å². The molecule has 0 radical (unpaired) electrons. The van der Waals surface area contributed by atoms with Crippen LogP contribution < -0.4 is 30.2 Å². The fourth-order valence-corrected chi connectivity index (χ4v) is 6.30. The summed E-state index contributed by atoms with van der Waals surface area (Å²) in [7, 11) is 3.18. The van der Waals surface area contributed by atoms with Crippen molar-refractivity contribution in [2.45, 2.75) is 32.6 Å². The van der Waals surface area contributed by atoms with Gasteiger partial charge in [-0.25, -0.2) is 4.39 Å². The molecule has 0 spiro atoms. The number of halogens is 2. The predicted molar refractivity (Wildman–Crippen MR) is 189 cm³/mol. The average molecular weight is 704 g/mol. The number of likely N-dealkylation sites (tertiary alicyclic amines) is 1. The Balaban J connectivity index is 1.10. The summed E-state index contributed by atoms with van der Waals surface area (Å²) < 4.78 is 33.2. The Kier molecular flexibility index (Phi) is 10.4. The van der Waals surface area contributed by atoms with E-state index in [4.69, 9.17) is 25.8 Å². The van der Waals surface area contributed by atoms with Gasteiger partial charge in [-0.15, -0.1) is 0 Å². The lowest BCUT2D eigenvalue weighted by atomic mass is 9.98. The number of anilines is 2. The van der Waals surface area contributed by atoms with Crippen molar-refractivity contribution >= 4 is 51.6 Å². The summed E-state index contributed by atoms with van der Waals surface area (Å²) >= 11 is 6.26. The highest BCUT2D eigenvalue weighted by atomic mass is 35.5. The summed E-state index contributed by atoms with van der Waals surface area (Å²) in [5.74, 6) is -0.0457. The predicted octanol–water partition coefficient (Wildman–Crippen LogP) is 6.33. The number of fused-ring (bicyclic) bond motifs is 1. The second-order valence-corrected chi connectivity index (χ2v) is 13.1. The van der Waals surface area contributed by atoms with Gasteiger partial charge in [-0.2, -0.15) is 0 Å². The van der Waals surface area contributed by atoms with Crippen LogP contribution in [0.2, 0.25) is 5.02 Å². The Labute approximate surface area is 294 Å². The molecule has 2 aliphatic rings. The minimum Gasteiger partial charge on any atom is -0.493 e. The molecule has 1 aliphatic heterocycles. The van der Waals surface area contributed by atoms with Gasteiger partial charge in [0, 0.05) is 36.5 Å². The van der Waals surface area contributed by atoms with Crippen molar-refractivity contribution in [3.05, 3.63) is 77.2 Å². The van der Waals surface area contributed by atoms with Gasteiger partial charge in [-0.3, -0.25) is 24.3 Å². The Hall–Kier alpha value is -4.94. The number of piperidine rings is 1. The van der Waals surface area contributed by atoms with E-state index in [2.05, 4.69) is 25.8 Å². The van der Waals surface area contributed by atoms with Crippen LogP contribution in [0.3, 0.4) is 0 Å². The fourth-order valence-electron chi connectivity index (χ4n) is 6.03. The van der Waals surface area contributed by atoms with E-state index in [0.717, 1.165) is 37.6 Å². The maximum atomic E-state index is 15.4. The minimum atomic E-state index is -1.26. The highest BCUT2D eigenvalue weighted by molar-refractivity contribution is 6.34. The number of aryl methyl sites for hydroxylation is 1. The van der Waals surface area contributed by atoms with Gasteiger partial charge in [0.15, 0.2) is 23.1 Å². The summed E-state index contributed by atoms with van der Waals surface area (Å²) in [6.07, 6.45) is 4.12. The number of methoxy groups -OCH3 is 1. The third-order valence-corrected chi connectivity index (χ3v) is 9.62. The highest BCUT2D eigenvalue weighted by Gasteiger charge is 2.56.